The average molecular weight is 416 g/mol. The lowest BCUT2D eigenvalue weighted by atomic mass is 9.89. The van der Waals surface area contributed by atoms with Crippen LogP contribution in [0.3, 0.4) is 0 Å². The summed E-state index contributed by atoms with van der Waals surface area (Å²) in [5.41, 5.74) is 1.36. The minimum atomic E-state index is -0.232. The zero-order valence-electron chi connectivity index (χ0n) is 16.5. The van der Waals surface area contributed by atoms with Crippen LogP contribution in [-0.2, 0) is 4.79 Å². The van der Waals surface area contributed by atoms with E-state index < -0.39 is 0 Å². The van der Waals surface area contributed by atoms with Crippen molar-refractivity contribution in [1.82, 2.24) is 9.88 Å². The number of ether oxygens (including phenoxy) is 2. The van der Waals surface area contributed by atoms with Gasteiger partial charge in [0.2, 0.25) is 12.7 Å². The molecule has 1 aliphatic heterocycles. The molecule has 2 aromatic rings. The lowest BCUT2D eigenvalue weighted by molar-refractivity contribution is -0.117. The zero-order chi connectivity index (χ0) is 20.2. The molecule has 1 aliphatic carbocycles. The first-order chi connectivity index (χ1) is 14.1. The van der Waals surface area contributed by atoms with Crippen LogP contribution >= 0.6 is 11.3 Å². The van der Waals surface area contributed by atoms with Crippen LogP contribution in [0, 0.1) is 12.8 Å². The highest BCUT2D eigenvalue weighted by molar-refractivity contribution is 7.13. The molecule has 1 fully saturated rings. The highest BCUT2D eigenvalue weighted by Crippen LogP contribution is 2.33. The van der Waals surface area contributed by atoms with Crippen LogP contribution in [0.4, 0.5) is 5.13 Å². The van der Waals surface area contributed by atoms with E-state index in [1.165, 1.54) is 30.6 Å². The Hall–Kier alpha value is -2.61. The maximum absolute atomic E-state index is 13.2. The first-order valence-electron chi connectivity index (χ1n) is 9.99. The van der Waals surface area contributed by atoms with Gasteiger partial charge in [0.15, 0.2) is 16.6 Å². The molecule has 8 heteroatoms. The van der Waals surface area contributed by atoms with Gasteiger partial charge in [0, 0.05) is 17.5 Å². The zero-order valence-corrected chi connectivity index (χ0v) is 17.3. The number of aryl methyl sites for hydroxylation is 1. The summed E-state index contributed by atoms with van der Waals surface area (Å²) in [7, 11) is 0. The Balaban J connectivity index is 1.49. The van der Waals surface area contributed by atoms with Crippen molar-refractivity contribution in [1.29, 1.82) is 0 Å². The van der Waals surface area contributed by atoms with Crippen LogP contribution < -0.4 is 14.8 Å². The van der Waals surface area contributed by atoms with Gasteiger partial charge < -0.3 is 19.7 Å². The van der Waals surface area contributed by atoms with Crippen LogP contribution in [0.15, 0.2) is 23.6 Å². The number of fused-ring (bicyclic) bond motifs is 1. The van der Waals surface area contributed by atoms with Crippen molar-refractivity contribution in [2.24, 2.45) is 5.92 Å². The minimum absolute atomic E-state index is 0.00238. The predicted molar refractivity (Wildman–Crippen MR) is 111 cm³/mol. The number of anilines is 1. The molecule has 1 aromatic carbocycles. The number of hydrogen-bond donors (Lipinski definition) is 1. The number of hydrogen-bond acceptors (Lipinski definition) is 6. The van der Waals surface area contributed by atoms with Gasteiger partial charge in [-0.2, -0.15) is 0 Å². The van der Waals surface area contributed by atoms with Crippen molar-refractivity contribution >= 4 is 28.3 Å². The molecule has 7 nitrogen and oxygen atoms in total. The second-order valence-corrected chi connectivity index (χ2v) is 8.46. The summed E-state index contributed by atoms with van der Waals surface area (Å²) in [6, 6.07) is 5.17. The summed E-state index contributed by atoms with van der Waals surface area (Å²) in [4.78, 5) is 31.8. The molecule has 2 aliphatic rings. The molecule has 0 saturated heterocycles. The van der Waals surface area contributed by atoms with E-state index in [1.807, 2.05) is 12.3 Å². The van der Waals surface area contributed by atoms with E-state index in [9.17, 15) is 9.59 Å². The molecule has 2 heterocycles. The highest BCUT2D eigenvalue weighted by atomic mass is 32.1. The molecule has 0 bridgehead atoms. The van der Waals surface area contributed by atoms with E-state index in [4.69, 9.17) is 9.47 Å². The topological polar surface area (TPSA) is 80.8 Å². The Labute approximate surface area is 174 Å². The monoisotopic (exact) mass is 415 g/mol. The summed E-state index contributed by atoms with van der Waals surface area (Å²) in [6.45, 7) is 2.62. The molecule has 1 aromatic heterocycles. The molecule has 0 unspecified atom stereocenters. The molecule has 4 rings (SSSR count). The third kappa shape index (κ3) is 4.87. The van der Waals surface area contributed by atoms with Gasteiger partial charge in [0.1, 0.15) is 6.54 Å². The fraction of sp³-hybridized carbons (Fsp3) is 0.476. The number of nitrogens with zero attached hydrogens (tertiary/aromatic N) is 2. The third-order valence-electron chi connectivity index (χ3n) is 5.31. The number of carbonyl (C=O) groups excluding carboxylic acids is 2. The lowest BCUT2D eigenvalue weighted by Crippen LogP contribution is -2.41. The Kier molecular flexibility index (Phi) is 5.99. The van der Waals surface area contributed by atoms with Crippen molar-refractivity contribution in [2.45, 2.75) is 39.0 Å². The first kappa shape index (κ1) is 19.7. The molecular formula is C21H25N3O4S. The third-order valence-corrected chi connectivity index (χ3v) is 6.19. The number of nitrogens with one attached hydrogen (secondary N) is 1. The maximum atomic E-state index is 13.2. The van der Waals surface area contributed by atoms with Gasteiger partial charge in [-0.1, -0.05) is 19.3 Å². The summed E-state index contributed by atoms with van der Waals surface area (Å²) >= 11 is 1.38. The summed E-state index contributed by atoms with van der Waals surface area (Å²) in [6.07, 6.45) is 5.80. The smallest absolute Gasteiger partial charge is 0.254 e. The number of benzene rings is 1. The average Bonchev–Trinajstić information content (AvgIpc) is 3.35. The van der Waals surface area contributed by atoms with Crippen LogP contribution in [0.2, 0.25) is 0 Å². The fourth-order valence-electron chi connectivity index (χ4n) is 3.86. The Morgan fingerprint density at radius 1 is 1.21 bits per heavy atom. The maximum Gasteiger partial charge on any atom is 0.254 e. The van der Waals surface area contributed by atoms with E-state index in [-0.39, 0.29) is 25.2 Å². The largest absolute Gasteiger partial charge is 0.454 e. The predicted octanol–water partition coefficient (Wildman–Crippen LogP) is 3.84. The molecule has 1 N–H and O–H groups in total. The van der Waals surface area contributed by atoms with Crippen molar-refractivity contribution in [3.05, 3.63) is 34.8 Å². The molecule has 29 heavy (non-hydrogen) atoms. The van der Waals surface area contributed by atoms with Gasteiger partial charge in [-0.15, -0.1) is 11.3 Å². The molecule has 0 atom stereocenters. The van der Waals surface area contributed by atoms with Crippen molar-refractivity contribution < 1.29 is 19.1 Å². The van der Waals surface area contributed by atoms with E-state index >= 15 is 0 Å². The number of thiazole rings is 1. The molecular weight excluding hydrogens is 390 g/mol. The van der Waals surface area contributed by atoms with Gasteiger partial charge >= 0.3 is 0 Å². The fourth-order valence-corrected chi connectivity index (χ4v) is 4.56. The molecule has 0 spiro atoms. The molecule has 154 valence electrons. The van der Waals surface area contributed by atoms with Crippen molar-refractivity contribution in [3.63, 3.8) is 0 Å². The molecule has 0 radical (unpaired) electrons. The van der Waals surface area contributed by atoms with Gasteiger partial charge in [0.05, 0.1) is 5.69 Å². The van der Waals surface area contributed by atoms with E-state index in [0.717, 1.165) is 18.5 Å². The first-order valence-corrected chi connectivity index (χ1v) is 10.9. The summed E-state index contributed by atoms with van der Waals surface area (Å²) in [5, 5.41) is 5.25. The van der Waals surface area contributed by atoms with Crippen LogP contribution in [0.5, 0.6) is 11.5 Å². The second kappa shape index (κ2) is 8.82. The number of rotatable bonds is 6. The molecule has 2 amide bonds. The van der Waals surface area contributed by atoms with E-state index in [2.05, 4.69) is 10.3 Å². The van der Waals surface area contributed by atoms with E-state index in [1.54, 1.807) is 23.1 Å². The van der Waals surface area contributed by atoms with Crippen LogP contribution in [0.1, 0.15) is 48.2 Å². The summed E-state index contributed by atoms with van der Waals surface area (Å²) in [5.74, 6) is 1.23. The number of aromatic nitrogens is 1. The van der Waals surface area contributed by atoms with Gasteiger partial charge in [0.25, 0.3) is 5.91 Å². The second-order valence-electron chi connectivity index (χ2n) is 7.60. The van der Waals surface area contributed by atoms with Gasteiger partial charge in [-0.3, -0.25) is 9.59 Å². The minimum Gasteiger partial charge on any atom is -0.454 e. The van der Waals surface area contributed by atoms with Crippen molar-refractivity contribution in [2.75, 3.05) is 25.2 Å². The lowest BCUT2D eigenvalue weighted by Gasteiger charge is -2.29. The van der Waals surface area contributed by atoms with Crippen molar-refractivity contribution in [3.8, 4) is 11.5 Å². The standard InChI is InChI=1S/C21H25N3O4S/c1-14-12-29-21(22-14)23-19(25)11-24(10-15-5-3-2-4-6-15)20(26)16-7-8-17-18(9-16)28-13-27-17/h7-9,12,15H,2-6,10-11,13H2,1H3,(H,22,23,25). The number of amides is 2. The molecule has 1 saturated carbocycles. The van der Waals surface area contributed by atoms with Crippen LogP contribution in [-0.4, -0.2) is 41.6 Å². The Bertz CT molecular complexity index is 892. The Morgan fingerprint density at radius 3 is 2.76 bits per heavy atom. The summed E-state index contributed by atoms with van der Waals surface area (Å²) < 4.78 is 10.7. The van der Waals surface area contributed by atoms with Gasteiger partial charge in [-0.05, 0) is 43.9 Å². The SMILES string of the molecule is Cc1csc(NC(=O)CN(CC2CCCCC2)C(=O)c2ccc3c(c2)OCO3)n1. The number of carbonyl (C=O) groups is 2. The normalized spacial score (nSPS) is 15.9. The quantitative estimate of drug-likeness (QED) is 0.775. The van der Waals surface area contributed by atoms with Crippen LogP contribution in [0.25, 0.3) is 0 Å². The highest BCUT2D eigenvalue weighted by Gasteiger charge is 2.26. The van der Waals surface area contributed by atoms with E-state index in [0.29, 0.717) is 34.7 Å². The van der Waals surface area contributed by atoms with Gasteiger partial charge in [-0.25, -0.2) is 4.98 Å². The Morgan fingerprint density at radius 2 is 2.00 bits per heavy atom.